The highest BCUT2D eigenvalue weighted by Crippen LogP contribution is 2.19. The van der Waals surface area contributed by atoms with Gasteiger partial charge in [-0.2, -0.15) is 0 Å². The topological polar surface area (TPSA) is 43.8 Å². The summed E-state index contributed by atoms with van der Waals surface area (Å²) in [6, 6.07) is 0. The molecule has 14 heavy (non-hydrogen) atoms. The number of hydrogen-bond donors (Lipinski definition) is 1. The molecular formula is C10H17N3S. The van der Waals surface area contributed by atoms with Crippen LogP contribution < -0.4 is 5.73 Å². The van der Waals surface area contributed by atoms with Gasteiger partial charge in [-0.15, -0.1) is 0 Å². The highest BCUT2D eigenvalue weighted by atomic mass is 32.1. The summed E-state index contributed by atoms with van der Waals surface area (Å²) in [5.74, 6) is 0.712. The predicted octanol–water partition coefficient (Wildman–Crippen LogP) is 1.95. The van der Waals surface area contributed by atoms with Crippen LogP contribution >= 0.6 is 12.2 Å². The molecule has 0 aliphatic rings. The summed E-state index contributed by atoms with van der Waals surface area (Å²) < 4.78 is 2.01. The zero-order valence-electron chi connectivity index (χ0n) is 8.95. The Morgan fingerprint density at radius 1 is 1.57 bits per heavy atom. The minimum atomic E-state index is 0.317. The molecule has 0 fully saturated rings. The second-order valence-electron chi connectivity index (χ2n) is 4.62. The van der Waals surface area contributed by atoms with Crippen LogP contribution in [0.25, 0.3) is 0 Å². The van der Waals surface area contributed by atoms with Gasteiger partial charge in [-0.05, 0) is 11.8 Å². The fourth-order valence-electron chi connectivity index (χ4n) is 1.17. The lowest BCUT2D eigenvalue weighted by molar-refractivity contribution is 0.350. The first-order valence-corrected chi connectivity index (χ1v) is 5.12. The second kappa shape index (κ2) is 4.09. The van der Waals surface area contributed by atoms with Crippen molar-refractivity contribution in [2.45, 2.75) is 33.7 Å². The van der Waals surface area contributed by atoms with E-state index < -0.39 is 0 Å². The number of hydrogen-bond acceptors (Lipinski definition) is 2. The molecule has 0 aromatic carbocycles. The number of rotatable bonds is 3. The Bertz CT molecular complexity index is 322. The molecule has 0 aliphatic heterocycles. The van der Waals surface area contributed by atoms with Gasteiger partial charge in [0.25, 0.3) is 0 Å². The zero-order chi connectivity index (χ0) is 10.8. The Morgan fingerprint density at radius 3 is 2.71 bits per heavy atom. The monoisotopic (exact) mass is 211 g/mol. The van der Waals surface area contributed by atoms with Crippen LogP contribution in [0.4, 0.5) is 0 Å². The van der Waals surface area contributed by atoms with E-state index in [-0.39, 0.29) is 0 Å². The molecule has 1 heterocycles. The van der Waals surface area contributed by atoms with Crippen LogP contribution in [-0.4, -0.2) is 14.5 Å². The Kier molecular flexibility index (Phi) is 3.26. The predicted molar refractivity (Wildman–Crippen MR) is 62.2 cm³/mol. The summed E-state index contributed by atoms with van der Waals surface area (Å²) in [7, 11) is 0. The molecule has 0 radical (unpaired) electrons. The van der Waals surface area contributed by atoms with Crippen molar-refractivity contribution in [1.29, 1.82) is 0 Å². The fourth-order valence-corrected chi connectivity index (χ4v) is 1.34. The van der Waals surface area contributed by atoms with Crippen LogP contribution in [0.2, 0.25) is 0 Å². The van der Waals surface area contributed by atoms with Crippen LogP contribution in [-0.2, 0) is 6.54 Å². The second-order valence-corrected chi connectivity index (χ2v) is 5.06. The highest BCUT2D eigenvalue weighted by Gasteiger charge is 2.12. The van der Waals surface area contributed by atoms with Crippen molar-refractivity contribution in [2.75, 3.05) is 0 Å². The van der Waals surface area contributed by atoms with E-state index in [4.69, 9.17) is 18.0 Å². The number of aryl methyl sites for hydroxylation is 1. The molecule has 0 spiro atoms. The number of nitrogens with two attached hydrogens (primary N) is 1. The molecule has 0 unspecified atom stereocenters. The molecule has 0 saturated carbocycles. The lowest BCUT2D eigenvalue weighted by Crippen LogP contribution is -2.18. The van der Waals surface area contributed by atoms with Crippen LogP contribution in [0, 0.1) is 5.41 Å². The van der Waals surface area contributed by atoms with Crippen molar-refractivity contribution in [1.82, 2.24) is 9.55 Å². The van der Waals surface area contributed by atoms with Crippen LogP contribution in [0.3, 0.4) is 0 Å². The summed E-state index contributed by atoms with van der Waals surface area (Å²) in [6.45, 7) is 7.55. The number of thiocarbonyl (C=S) groups is 1. The third-order valence-electron chi connectivity index (χ3n) is 2.04. The van der Waals surface area contributed by atoms with Gasteiger partial charge in [0.1, 0.15) is 4.99 Å². The van der Waals surface area contributed by atoms with E-state index in [2.05, 4.69) is 25.8 Å². The SMILES string of the molecule is CC(C)(C)CCn1ccnc1C(N)=S. The number of nitrogens with zero attached hydrogens (tertiary/aromatic N) is 2. The third-order valence-corrected chi connectivity index (χ3v) is 2.22. The van der Waals surface area contributed by atoms with Gasteiger partial charge in [0.05, 0.1) is 0 Å². The van der Waals surface area contributed by atoms with Gasteiger partial charge in [0.15, 0.2) is 5.82 Å². The normalized spacial score (nSPS) is 11.6. The van der Waals surface area contributed by atoms with Gasteiger partial charge >= 0.3 is 0 Å². The quantitative estimate of drug-likeness (QED) is 0.777. The first kappa shape index (κ1) is 11.2. The molecular weight excluding hydrogens is 194 g/mol. The van der Waals surface area contributed by atoms with Gasteiger partial charge in [-0.1, -0.05) is 33.0 Å². The summed E-state index contributed by atoms with van der Waals surface area (Å²) in [4.78, 5) is 4.48. The van der Waals surface area contributed by atoms with E-state index in [9.17, 15) is 0 Å². The van der Waals surface area contributed by atoms with Crippen LogP contribution in [0.15, 0.2) is 12.4 Å². The Hall–Kier alpha value is -0.900. The maximum atomic E-state index is 5.55. The average Bonchev–Trinajstić information content (AvgIpc) is 2.46. The first-order valence-electron chi connectivity index (χ1n) is 4.71. The maximum Gasteiger partial charge on any atom is 0.167 e. The van der Waals surface area contributed by atoms with E-state index in [0.29, 0.717) is 16.2 Å². The van der Waals surface area contributed by atoms with Crippen molar-refractivity contribution in [2.24, 2.45) is 11.1 Å². The molecule has 0 aliphatic carbocycles. The molecule has 78 valence electrons. The van der Waals surface area contributed by atoms with Gasteiger partial charge in [-0.3, -0.25) is 0 Å². The minimum absolute atomic E-state index is 0.317. The first-order chi connectivity index (χ1) is 6.40. The fraction of sp³-hybridized carbons (Fsp3) is 0.600. The number of aromatic nitrogens is 2. The average molecular weight is 211 g/mol. The van der Waals surface area contributed by atoms with Crippen molar-refractivity contribution < 1.29 is 0 Å². The van der Waals surface area contributed by atoms with Crippen LogP contribution in [0.1, 0.15) is 33.0 Å². The Morgan fingerprint density at radius 2 is 2.21 bits per heavy atom. The minimum Gasteiger partial charge on any atom is -0.387 e. The van der Waals surface area contributed by atoms with Gasteiger partial charge in [0.2, 0.25) is 0 Å². The van der Waals surface area contributed by atoms with E-state index >= 15 is 0 Å². The van der Waals surface area contributed by atoms with E-state index in [1.54, 1.807) is 6.20 Å². The summed E-state index contributed by atoms with van der Waals surface area (Å²) in [5.41, 5.74) is 5.86. The van der Waals surface area contributed by atoms with Crippen molar-refractivity contribution in [3.05, 3.63) is 18.2 Å². The summed E-state index contributed by atoms with van der Waals surface area (Å²) >= 11 is 4.91. The molecule has 0 amide bonds. The zero-order valence-corrected chi connectivity index (χ0v) is 9.77. The third kappa shape index (κ3) is 3.10. The molecule has 2 N–H and O–H groups in total. The lowest BCUT2D eigenvalue weighted by atomic mass is 9.92. The highest BCUT2D eigenvalue weighted by molar-refractivity contribution is 7.80. The standard InChI is InChI=1S/C10H17N3S/c1-10(2,3)4-6-13-7-5-12-9(13)8(11)14/h5,7H,4,6H2,1-3H3,(H2,11,14). The summed E-state index contributed by atoms with van der Waals surface area (Å²) in [6.07, 6.45) is 4.73. The van der Waals surface area contributed by atoms with Crippen LogP contribution in [0.5, 0.6) is 0 Å². The molecule has 0 saturated heterocycles. The van der Waals surface area contributed by atoms with Gasteiger partial charge < -0.3 is 10.3 Å². The Labute approximate surface area is 90.3 Å². The van der Waals surface area contributed by atoms with Crippen molar-refractivity contribution in [3.8, 4) is 0 Å². The van der Waals surface area contributed by atoms with Gasteiger partial charge in [-0.25, -0.2) is 4.98 Å². The van der Waals surface area contributed by atoms with E-state index in [1.807, 2.05) is 10.8 Å². The van der Waals surface area contributed by atoms with Crippen molar-refractivity contribution in [3.63, 3.8) is 0 Å². The van der Waals surface area contributed by atoms with E-state index in [1.165, 1.54) is 0 Å². The molecule has 0 atom stereocenters. The smallest absolute Gasteiger partial charge is 0.167 e. The van der Waals surface area contributed by atoms with E-state index in [0.717, 1.165) is 13.0 Å². The molecule has 4 heteroatoms. The lowest BCUT2D eigenvalue weighted by Gasteiger charge is -2.18. The molecule has 1 rings (SSSR count). The molecule has 1 aromatic heterocycles. The largest absolute Gasteiger partial charge is 0.387 e. The number of imidazole rings is 1. The molecule has 3 nitrogen and oxygen atoms in total. The van der Waals surface area contributed by atoms with Gasteiger partial charge in [0, 0.05) is 18.9 Å². The maximum absolute atomic E-state index is 5.55. The van der Waals surface area contributed by atoms with Crippen molar-refractivity contribution >= 4 is 17.2 Å². The Balaban J connectivity index is 2.68. The molecule has 0 bridgehead atoms. The molecule has 1 aromatic rings. The summed E-state index contributed by atoms with van der Waals surface area (Å²) in [5, 5.41) is 0.